The lowest BCUT2D eigenvalue weighted by molar-refractivity contribution is -0.146. The second kappa shape index (κ2) is 6.69. The number of aromatic nitrogens is 3. The highest BCUT2D eigenvalue weighted by Crippen LogP contribution is 2.29. The van der Waals surface area contributed by atoms with E-state index in [-0.39, 0.29) is 6.04 Å². The highest BCUT2D eigenvalue weighted by atomic mass is 16.2. The summed E-state index contributed by atoms with van der Waals surface area (Å²) >= 11 is 0. The van der Waals surface area contributed by atoms with Gasteiger partial charge in [0.25, 0.3) is 0 Å². The number of carbonyl (C=O) groups excluding carboxylic acids is 2. The first kappa shape index (κ1) is 16.0. The molecule has 1 saturated heterocycles. The van der Waals surface area contributed by atoms with Crippen LogP contribution in [-0.2, 0) is 9.59 Å². The number of nitrogen functional groups attached to an aromatic ring is 1. The van der Waals surface area contributed by atoms with Crippen molar-refractivity contribution in [2.75, 3.05) is 17.6 Å². The van der Waals surface area contributed by atoms with Gasteiger partial charge in [-0.1, -0.05) is 0 Å². The minimum atomic E-state index is -0.677. The van der Waals surface area contributed by atoms with E-state index in [9.17, 15) is 9.59 Å². The Morgan fingerprint density at radius 3 is 2.96 bits per heavy atom. The second-order valence-corrected chi connectivity index (χ2v) is 5.89. The molecule has 0 aromatic carbocycles. The van der Waals surface area contributed by atoms with Gasteiger partial charge in [-0.25, -0.2) is 4.98 Å². The number of aromatic amines is 1. The topological polar surface area (TPSA) is 117 Å². The van der Waals surface area contributed by atoms with E-state index in [4.69, 9.17) is 5.73 Å². The fourth-order valence-electron chi connectivity index (χ4n) is 2.91. The third-order valence-electron chi connectivity index (χ3n) is 4.20. The normalized spacial score (nSPS) is 17.5. The van der Waals surface area contributed by atoms with Crippen LogP contribution in [-0.4, -0.2) is 38.4 Å². The van der Waals surface area contributed by atoms with Gasteiger partial charge in [-0.15, -0.1) is 0 Å². The number of nitrogens with one attached hydrogen (secondary N) is 2. The molecule has 2 amide bonds. The van der Waals surface area contributed by atoms with Gasteiger partial charge in [0.1, 0.15) is 5.82 Å². The largest absolute Gasteiger partial charge is 0.383 e. The number of amides is 2. The van der Waals surface area contributed by atoms with E-state index >= 15 is 0 Å². The average molecular weight is 328 g/mol. The molecule has 126 valence electrons. The van der Waals surface area contributed by atoms with Crippen molar-refractivity contribution in [2.45, 2.75) is 32.2 Å². The van der Waals surface area contributed by atoms with Crippen LogP contribution in [0.2, 0.25) is 0 Å². The number of rotatable bonds is 2. The van der Waals surface area contributed by atoms with Crippen LogP contribution in [0.5, 0.6) is 0 Å². The van der Waals surface area contributed by atoms with E-state index in [1.807, 2.05) is 6.07 Å². The van der Waals surface area contributed by atoms with Gasteiger partial charge in [-0.2, -0.15) is 5.10 Å². The van der Waals surface area contributed by atoms with E-state index in [0.29, 0.717) is 18.1 Å². The Labute approximate surface area is 139 Å². The maximum atomic E-state index is 12.6. The molecule has 8 heteroatoms. The van der Waals surface area contributed by atoms with Crippen LogP contribution in [0.15, 0.2) is 24.5 Å². The third kappa shape index (κ3) is 3.22. The average Bonchev–Trinajstić information content (AvgIpc) is 3.12. The number of nitrogens with two attached hydrogens (primary N) is 1. The molecule has 3 rings (SSSR count). The first-order valence-corrected chi connectivity index (χ1v) is 7.90. The van der Waals surface area contributed by atoms with E-state index in [1.165, 1.54) is 6.20 Å². The van der Waals surface area contributed by atoms with Gasteiger partial charge in [0.05, 0.1) is 23.6 Å². The van der Waals surface area contributed by atoms with E-state index in [1.54, 1.807) is 24.1 Å². The van der Waals surface area contributed by atoms with Crippen molar-refractivity contribution in [1.29, 1.82) is 0 Å². The van der Waals surface area contributed by atoms with E-state index in [2.05, 4.69) is 20.5 Å². The lowest BCUT2D eigenvalue weighted by Gasteiger charge is -2.34. The zero-order valence-electron chi connectivity index (χ0n) is 13.5. The molecular formula is C16H20N6O2. The molecule has 3 heterocycles. The number of carbonyl (C=O) groups is 2. The predicted molar refractivity (Wildman–Crippen MR) is 88.9 cm³/mol. The predicted octanol–water partition coefficient (Wildman–Crippen LogP) is 1.39. The van der Waals surface area contributed by atoms with Crippen molar-refractivity contribution in [3.63, 3.8) is 0 Å². The Bertz CT molecular complexity index is 743. The van der Waals surface area contributed by atoms with Gasteiger partial charge < -0.3 is 16.0 Å². The monoisotopic (exact) mass is 328 g/mol. The maximum absolute atomic E-state index is 12.6. The van der Waals surface area contributed by atoms with Gasteiger partial charge in [-0.3, -0.25) is 14.7 Å². The molecule has 1 atom stereocenters. The Hall–Kier alpha value is -2.90. The van der Waals surface area contributed by atoms with Gasteiger partial charge in [0.15, 0.2) is 0 Å². The number of nitrogens with zero attached hydrogens (tertiary/aromatic N) is 3. The van der Waals surface area contributed by atoms with Crippen molar-refractivity contribution in [3.05, 3.63) is 35.8 Å². The van der Waals surface area contributed by atoms with Crippen molar-refractivity contribution >= 4 is 23.3 Å². The molecule has 0 bridgehead atoms. The molecule has 0 spiro atoms. The zero-order chi connectivity index (χ0) is 17.1. The lowest BCUT2D eigenvalue weighted by Crippen LogP contribution is -2.44. The highest BCUT2D eigenvalue weighted by molar-refractivity contribution is 6.39. The number of anilines is 2. The molecule has 24 heavy (non-hydrogen) atoms. The summed E-state index contributed by atoms with van der Waals surface area (Å²) in [7, 11) is 0. The molecule has 2 aromatic rings. The van der Waals surface area contributed by atoms with Crippen molar-refractivity contribution in [2.24, 2.45) is 0 Å². The Morgan fingerprint density at radius 2 is 2.25 bits per heavy atom. The Kier molecular flexibility index (Phi) is 4.45. The third-order valence-corrected chi connectivity index (χ3v) is 4.20. The number of piperidine rings is 1. The molecule has 2 aromatic heterocycles. The summed E-state index contributed by atoms with van der Waals surface area (Å²) < 4.78 is 0. The highest BCUT2D eigenvalue weighted by Gasteiger charge is 2.32. The number of likely N-dealkylation sites (tertiary alicyclic amines) is 1. The smallest absolute Gasteiger partial charge is 0.313 e. The molecule has 1 fully saturated rings. The summed E-state index contributed by atoms with van der Waals surface area (Å²) in [5.41, 5.74) is 7.63. The summed E-state index contributed by atoms with van der Waals surface area (Å²) in [6.07, 6.45) is 5.84. The number of hydrogen-bond donors (Lipinski definition) is 3. The molecule has 0 saturated carbocycles. The first-order chi connectivity index (χ1) is 11.6. The number of aryl methyl sites for hydroxylation is 1. The quantitative estimate of drug-likeness (QED) is 0.720. The molecule has 1 aliphatic heterocycles. The van der Waals surface area contributed by atoms with Crippen LogP contribution in [0.3, 0.4) is 0 Å². The fourth-order valence-corrected chi connectivity index (χ4v) is 2.91. The van der Waals surface area contributed by atoms with Crippen LogP contribution >= 0.6 is 0 Å². The SMILES string of the molecule is Cc1cc(NC(=O)C(=O)N2CCCC[C@H]2c2cc[nH]n2)cnc1N. The van der Waals surface area contributed by atoms with Gasteiger partial charge in [0.2, 0.25) is 0 Å². The molecule has 0 aliphatic carbocycles. The molecule has 8 nitrogen and oxygen atoms in total. The number of H-pyrrole nitrogens is 1. The first-order valence-electron chi connectivity index (χ1n) is 7.90. The van der Waals surface area contributed by atoms with Gasteiger partial charge in [-0.05, 0) is 43.9 Å². The minimum Gasteiger partial charge on any atom is -0.383 e. The summed E-state index contributed by atoms with van der Waals surface area (Å²) in [5, 5.41) is 9.52. The van der Waals surface area contributed by atoms with Crippen LogP contribution in [0.4, 0.5) is 11.5 Å². The Balaban J connectivity index is 1.73. The number of hydrogen-bond acceptors (Lipinski definition) is 5. The van der Waals surface area contributed by atoms with Crippen LogP contribution < -0.4 is 11.1 Å². The minimum absolute atomic E-state index is 0.172. The molecule has 0 radical (unpaired) electrons. The summed E-state index contributed by atoms with van der Waals surface area (Å²) in [5.74, 6) is -0.838. The fraction of sp³-hybridized carbons (Fsp3) is 0.375. The standard InChI is InChI=1S/C16H20N6O2/c1-10-8-11(9-18-14(10)17)20-15(23)16(24)22-7-3-2-4-13(22)12-5-6-19-21-12/h5-6,8-9,13H,2-4,7H2,1H3,(H2,17,18)(H,19,21)(H,20,23)/t13-/m0/s1. The molecule has 0 unspecified atom stereocenters. The van der Waals surface area contributed by atoms with E-state index < -0.39 is 11.8 Å². The van der Waals surface area contributed by atoms with E-state index in [0.717, 1.165) is 30.5 Å². The number of pyridine rings is 1. The van der Waals surface area contributed by atoms with Gasteiger partial charge in [0, 0.05) is 12.7 Å². The van der Waals surface area contributed by atoms with Crippen LogP contribution in [0, 0.1) is 6.92 Å². The summed E-state index contributed by atoms with van der Waals surface area (Å²) in [4.78, 5) is 30.5. The summed E-state index contributed by atoms with van der Waals surface area (Å²) in [6, 6.07) is 3.35. The van der Waals surface area contributed by atoms with Crippen LogP contribution in [0.25, 0.3) is 0 Å². The summed E-state index contributed by atoms with van der Waals surface area (Å²) in [6.45, 7) is 2.33. The Morgan fingerprint density at radius 1 is 1.42 bits per heavy atom. The maximum Gasteiger partial charge on any atom is 0.313 e. The lowest BCUT2D eigenvalue weighted by atomic mass is 9.99. The van der Waals surface area contributed by atoms with Crippen LogP contribution in [0.1, 0.15) is 36.6 Å². The molecule has 4 N–H and O–H groups in total. The zero-order valence-corrected chi connectivity index (χ0v) is 13.5. The van der Waals surface area contributed by atoms with Crippen molar-refractivity contribution in [1.82, 2.24) is 20.1 Å². The second-order valence-electron chi connectivity index (χ2n) is 5.89. The molecular weight excluding hydrogens is 308 g/mol. The molecule has 1 aliphatic rings. The van der Waals surface area contributed by atoms with Crippen molar-refractivity contribution in [3.8, 4) is 0 Å². The van der Waals surface area contributed by atoms with Gasteiger partial charge >= 0.3 is 11.8 Å². The van der Waals surface area contributed by atoms with Crippen molar-refractivity contribution < 1.29 is 9.59 Å².